The van der Waals surface area contributed by atoms with Crippen LogP contribution in [0.2, 0.25) is 0 Å². The van der Waals surface area contributed by atoms with Gasteiger partial charge in [0.25, 0.3) is 0 Å². The molecule has 0 fully saturated rings. The van der Waals surface area contributed by atoms with Gasteiger partial charge in [-0.25, -0.2) is 0 Å². The predicted molar refractivity (Wildman–Crippen MR) is 131 cm³/mol. The van der Waals surface area contributed by atoms with Crippen molar-refractivity contribution >= 4 is 15.8 Å². The molecule has 10 heteroatoms. The summed E-state index contributed by atoms with van der Waals surface area (Å²) in [4.78, 5) is 2.86. The Labute approximate surface area is 207 Å². The van der Waals surface area contributed by atoms with Crippen LogP contribution in [0, 0.1) is 5.41 Å². The third-order valence-electron chi connectivity index (χ3n) is 6.85. The number of rotatable bonds is 5. The van der Waals surface area contributed by atoms with Crippen LogP contribution in [0.4, 0.5) is 19.4 Å². The number of fused-ring (bicyclic) bond motifs is 1. The number of pyridine rings is 1. The molecule has 1 aliphatic heterocycles. The first kappa shape index (κ1) is 27.0. The lowest BCUT2D eigenvalue weighted by Crippen LogP contribution is -2.30. The van der Waals surface area contributed by atoms with Crippen LogP contribution < -0.4 is 0 Å². The second-order valence-corrected chi connectivity index (χ2v) is 13.3. The van der Waals surface area contributed by atoms with Gasteiger partial charge in [0.2, 0.25) is 0 Å². The fourth-order valence-electron chi connectivity index (χ4n) is 5.22. The average Bonchev–Trinajstić information content (AvgIpc) is 2.75. The number of halogens is 5. The lowest BCUT2D eigenvalue weighted by Gasteiger charge is -2.40. The minimum atomic E-state index is -9.85. The molecule has 200 valence electrons. The number of aliphatic hydroxyl groups excluding tert-OH is 2. The highest BCUT2D eigenvalue weighted by molar-refractivity contribution is 8.45. The van der Waals surface area contributed by atoms with E-state index in [-0.39, 0.29) is 16.9 Å². The van der Waals surface area contributed by atoms with Gasteiger partial charge in [0.1, 0.15) is 11.0 Å². The summed E-state index contributed by atoms with van der Waals surface area (Å²) in [5.74, 6) is -0.162. The van der Waals surface area contributed by atoms with E-state index in [1.54, 1.807) is 0 Å². The molecule has 0 amide bonds. The quantitative estimate of drug-likeness (QED) is 0.386. The maximum atomic E-state index is 13.3. The van der Waals surface area contributed by atoms with Crippen molar-refractivity contribution in [2.24, 2.45) is 5.41 Å². The van der Waals surface area contributed by atoms with E-state index in [2.05, 4.69) is 0 Å². The zero-order valence-corrected chi connectivity index (χ0v) is 21.5. The van der Waals surface area contributed by atoms with E-state index in [0.29, 0.717) is 67.0 Å². The highest BCUT2D eigenvalue weighted by Crippen LogP contribution is 3.02. The predicted octanol–water partition coefficient (Wildman–Crippen LogP) is 7.75. The smallest absolute Gasteiger partial charge is 0.310 e. The number of ether oxygens (including phenoxy) is 1. The molecular weight excluding hydrogens is 501 g/mol. The summed E-state index contributed by atoms with van der Waals surface area (Å²) < 4.78 is 71.7. The first-order valence-electron chi connectivity index (χ1n) is 11.9. The summed E-state index contributed by atoms with van der Waals surface area (Å²) in [6.45, 7) is 8.68. The van der Waals surface area contributed by atoms with Crippen molar-refractivity contribution in [2.75, 3.05) is 13.2 Å². The molecule has 36 heavy (non-hydrogen) atoms. The maximum absolute atomic E-state index is 13.3. The Hall–Kier alpha value is -2.01. The van der Waals surface area contributed by atoms with Crippen molar-refractivity contribution in [2.45, 2.75) is 70.0 Å². The molecule has 2 atom stereocenters. The molecule has 1 aliphatic carbocycles. The molecule has 0 saturated heterocycles. The van der Waals surface area contributed by atoms with Crippen LogP contribution in [-0.2, 0) is 11.2 Å². The minimum Gasteiger partial charge on any atom is -0.388 e. The Balaban J connectivity index is 1.95. The van der Waals surface area contributed by atoms with Crippen molar-refractivity contribution in [1.29, 1.82) is 0 Å². The van der Waals surface area contributed by atoms with Crippen molar-refractivity contribution in [3.05, 3.63) is 64.0 Å². The molecular formula is C26H32F5NO3S. The topological polar surface area (TPSA) is 62.6 Å². The highest BCUT2D eigenvalue weighted by atomic mass is 32.5. The molecule has 0 bridgehead atoms. The molecule has 1 aromatic heterocycles. The average molecular weight is 534 g/mol. The lowest BCUT2D eigenvalue weighted by molar-refractivity contribution is 0.0970. The molecule has 2 N–H and O–H groups in total. The third-order valence-corrected chi connectivity index (χ3v) is 8.02. The molecule has 1 aromatic carbocycles. The van der Waals surface area contributed by atoms with Crippen LogP contribution in [0.1, 0.15) is 92.3 Å². The van der Waals surface area contributed by atoms with Gasteiger partial charge in [0.15, 0.2) is 0 Å². The molecule has 0 spiro atoms. The van der Waals surface area contributed by atoms with Gasteiger partial charge < -0.3 is 14.9 Å². The van der Waals surface area contributed by atoms with Gasteiger partial charge in [-0.15, -0.1) is 0 Å². The van der Waals surface area contributed by atoms with E-state index in [1.165, 1.54) is 0 Å². The van der Waals surface area contributed by atoms with E-state index < -0.39 is 27.3 Å². The third kappa shape index (κ3) is 5.32. The molecule has 2 heterocycles. The van der Waals surface area contributed by atoms with Crippen molar-refractivity contribution in [3.63, 3.8) is 0 Å². The van der Waals surface area contributed by atoms with Gasteiger partial charge in [0, 0.05) is 22.5 Å². The van der Waals surface area contributed by atoms with E-state index >= 15 is 0 Å². The zero-order chi connectivity index (χ0) is 26.7. The van der Waals surface area contributed by atoms with E-state index in [4.69, 9.17) is 9.72 Å². The lowest BCUT2D eigenvalue weighted by atomic mass is 9.71. The molecule has 4 nitrogen and oxygen atoms in total. The Kier molecular flexibility index (Phi) is 6.19. The van der Waals surface area contributed by atoms with Crippen molar-refractivity contribution in [3.8, 4) is 0 Å². The summed E-state index contributed by atoms with van der Waals surface area (Å²) in [7, 11) is -9.85. The number of nitrogens with zero attached hydrogens (tertiary/aromatic N) is 1. The molecule has 2 unspecified atom stereocenters. The monoisotopic (exact) mass is 533 g/mol. The Bertz CT molecular complexity index is 1210. The Morgan fingerprint density at radius 1 is 1.08 bits per heavy atom. The van der Waals surface area contributed by atoms with Gasteiger partial charge in [-0.1, -0.05) is 65.3 Å². The molecule has 0 saturated carbocycles. The largest absolute Gasteiger partial charge is 0.388 e. The van der Waals surface area contributed by atoms with Crippen LogP contribution in [0.3, 0.4) is 0 Å². The second kappa shape index (κ2) is 8.24. The van der Waals surface area contributed by atoms with Gasteiger partial charge >= 0.3 is 10.2 Å². The normalized spacial score (nSPS) is 22.9. The van der Waals surface area contributed by atoms with Crippen molar-refractivity contribution in [1.82, 2.24) is 4.98 Å². The number of aromatic nitrogens is 1. The summed E-state index contributed by atoms with van der Waals surface area (Å²) in [6, 6.07) is 2.38. The summed E-state index contributed by atoms with van der Waals surface area (Å²) >= 11 is 0. The minimum absolute atomic E-state index is 0.0313. The number of hydrogen-bond donors (Lipinski definition) is 2. The summed E-state index contributed by atoms with van der Waals surface area (Å²) in [6.07, 6.45) is 1.21. The number of aliphatic hydroxyl groups is 2. The van der Waals surface area contributed by atoms with Crippen LogP contribution in [0.25, 0.3) is 5.57 Å². The van der Waals surface area contributed by atoms with Gasteiger partial charge in [-0.05, 0) is 59.4 Å². The van der Waals surface area contributed by atoms with Crippen LogP contribution in [0.5, 0.6) is 0 Å². The summed E-state index contributed by atoms with van der Waals surface area (Å²) in [5.41, 5.74) is 3.63. The first-order chi connectivity index (χ1) is 16.4. The molecule has 2 aromatic rings. The fraction of sp³-hybridized carbons (Fsp3) is 0.500. The maximum Gasteiger partial charge on any atom is 0.310 e. The molecule has 4 rings (SSSR count). The van der Waals surface area contributed by atoms with Crippen LogP contribution in [0.15, 0.2) is 35.2 Å². The van der Waals surface area contributed by atoms with Crippen molar-refractivity contribution < 1.29 is 34.4 Å². The summed E-state index contributed by atoms with van der Waals surface area (Å²) in [5, 5.41) is 22.7. The standard InChI is InChI=1S/C26H32F5NO3S/c1-15(2)24-23(25(34)17-5-7-18(8-6-17)36(27,28,29,30)31)21(16-9-11-35-12-10-16)22-19(32-24)13-26(3,4)14-20(22)33/h5-9,15,20,25,33-34H,10-14H2,1-4H3. The van der Waals surface area contributed by atoms with Gasteiger partial charge in [0.05, 0.1) is 19.3 Å². The van der Waals surface area contributed by atoms with Crippen LogP contribution in [-0.4, -0.2) is 28.4 Å². The number of benzene rings is 1. The Morgan fingerprint density at radius 2 is 1.72 bits per heavy atom. The van der Waals surface area contributed by atoms with E-state index in [0.717, 1.165) is 23.4 Å². The van der Waals surface area contributed by atoms with E-state index in [9.17, 15) is 29.6 Å². The van der Waals surface area contributed by atoms with Gasteiger partial charge in [-0.2, -0.15) is 0 Å². The zero-order valence-electron chi connectivity index (χ0n) is 20.7. The first-order valence-corrected chi connectivity index (χ1v) is 13.9. The Morgan fingerprint density at radius 3 is 2.25 bits per heavy atom. The molecule has 2 aliphatic rings. The molecule has 0 radical (unpaired) electrons. The number of hydrogen-bond acceptors (Lipinski definition) is 4. The second-order valence-electron chi connectivity index (χ2n) is 10.9. The van der Waals surface area contributed by atoms with Gasteiger partial charge in [-0.3, -0.25) is 4.98 Å². The fourth-order valence-corrected chi connectivity index (χ4v) is 5.87. The van der Waals surface area contributed by atoms with Crippen LogP contribution >= 0.6 is 10.2 Å². The SMILES string of the molecule is CC(C)c1nc2c(c(C3=CCOCC3)c1C(O)c1ccc(S(F)(F)(F)(F)F)cc1)C(O)CC(C)(C)C2. The highest BCUT2D eigenvalue weighted by Gasteiger charge is 2.65. The van der Waals surface area contributed by atoms with E-state index in [1.807, 2.05) is 33.8 Å².